The van der Waals surface area contributed by atoms with Crippen molar-refractivity contribution in [2.75, 3.05) is 6.61 Å². The Hall–Kier alpha value is -1.55. The SMILES string of the molecule is CCOc1cc(C=O)ccc1OC1CCCC1O. The minimum atomic E-state index is -0.412. The van der Waals surface area contributed by atoms with Crippen LogP contribution in [-0.4, -0.2) is 30.2 Å². The molecule has 0 amide bonds. The number of carbonyl (C=O) groups is 1. The smallest absolute Gasteiger partial charge is 0.161 e. The van der Waals surface area contributed by atoms with Crippen LogP contribution in [0.25, 0.3) is 0 Å². The Morgan fingerprint density at radius 2 is 2.22 bits per heavy atom. The second-order valence-corrected chi connectivity index (χ2v) is 4.41. The molecular formula is C14H18O4. The third kappa shape index (κ3) is 2.82. The fourth-order valence-electron chi connectivity index (χ4n) is 2.17. The summed E-state index contributed by atoms with van der Waals surface area (Å²) in [4.78, 5) is 10.7. The van der Waals surface area contributed by atoms with Crippen molar-refractivity contribution in [3.63, 3.8) is 0 Å². The molecule has 1 aromatic rings. The van der Waals surface area contributed by atoms with Crippen molar-refractivity contribution >= 4 is 6.29 Å². The highest BCUT2D eigenvalue weighted by Gasteiger charge is 2.27. The van der Waals surface area contributed by atoms with Gasteiger partial charge in [-0.3, -0.25) is 4.79 Å². The molecule has 2 rings (SSSR count). The van der Waals surface area contributed by atoms with Gasteiger partial charge < -0.3 is 14.6 Å². The largest absolute Gasteiger partial charge is 0.490 e. The van der Waals surface area contributed by atoms with Crippen LogP contribution in [0.3, 0.4) is 0 Å². The first-order chi connectivity index (χ1) is 8.74. The molecule has 0 saturated heterocycles. The second kappa shape index (κ2) is 5.87. The fraction of sp³-hybridized carbons (Fsp3) is 0.500. The Balaban J connectivity index is 2.17. The Bertz CT molecular complexity index is 416. The normalized spacial score (nSPS) is 22.8. The molecule has 0 heterocycles. The molecular weight excluding hydrogens is 232 g/mol. The van der Waals surface area contributed by atoms with Crippen molar-refractivity contribution in [2.45, 2.75) is 38.4 Å². The molecule has 98 valence electrons. The number of ether oxygens (including phenoxy) is 2. The van der Waals surface area contributed by atoms with E-state index in [-0.39, 0.29) is 6.10 Å². The Morgan fingerprint density at radius 3 is 2.83 bits per heavy atom. The lowest BCUT2D eigenvalue weighted by atomic mass is 10.2. The van der Waals surface area contributed by atoms with E-state index in [0.717, 1.165) is 25.5 Å². The minimum Gasteiger partial charge on any atom is -0.490 e. The summed E-state index contributed by atoms with van der Waals surface area (Å²) in [6.45, 7) is 2.38. The van der Waals surface area contributed by atoms with Crippen LogP contribution in [0.4, 0.5) is 0 Å². The van der Waals surface area contributed by atoms with Gasteiger partial charge in [0.25, 0.3) is 0 Å². The predicted octanol–water partition coefficient (Wildman–Crippen LogP) is 2.19. The van der Waals surface area contributed by atoms with Crippen molar-refractivity contribution in [3.8, 4) is 11.5 Å². The lowest BCUT2D eigenvalue weighted by molar-refractivity contribution is 0.0582. The molecule has 4 nitrogen and oxygen atoms in total. The van der Waals surface area contributed by atoms with E-state index >= 15 is 0 Å². The average Bonchev–Trinajstić information content (AvgIpc) is 2.77. The highest BCUT2D eigenvalue weighted by Crippen LogP contribution is 2.32. The molecule has 1 fully saturated rings. The monoisotopic (exact) mass is 250 g/mol. The quantitative estimate of drug-likeness (QED) is 0.814. The number of hydrogen-bond acceptors (Lipinski definition) is 4. The van der Waals surface area contributed by atoms with E-state index in [1.807, 2.05) is 6.92 Å². The van der Waals surface area contributed by atoms with Crippen molar-refractivity contribution in [1.29, 1.82) is 0 Å². The number of hydrogen-bond donors (Lipinski definition) is 1. The van der Waals surface area contributed by atoms with Gasteiger partial charge in [-0.15, -0.1) is 0 Å². The van der Waals surface area contributed by atoms with Crippen LogP contribution >= 0.6 is 0 Å². The van der Waals surface area contributed by atoms with Crippen molar-refractivity contribution in [2.24, 2.45) is 0 Å². The van der Waals surface area contributed by atoms with Crippen molar-refractivity contribution < 1.29 is 19.4 Å². The van der Waals surface area contributed by atoms with Gasteiger partial charge in [0.2, 0.25) is 0 Å². The first kappa shape index (κ1) is 12.9. The summed E-state index contributed by atoms with van der Waals surface area (Å²) >= 11 is 0. The van der Waals surface area contributed by atoms with Crippen LogP contribution in [-0.2, 0) is 0 Å². The summed E-state index contributed by atoms with van der Waals surface area (Å²) in [5.74, 6) is 1.15. The van der Waals surface area contributed by atoms with Crippen molar-refractivity contribution in [1.82, 2.24) is 0 Å². The molecule has 1 aliphatic carbocycles. The first-order valence-corrected chi connectivity index (χ1v) is 6.31. The number of benzene rings is 1. The molecule has 1 aliphatic rings. The molecule has 4 heteroatoms. The van der Waals surface area contributed by atoms with Crippen LogP contribution in [0, 0.1) is 0 Å². The Morgan fingerprint density at radius 1 is 1.39 bits per heavy atom. The second-order valence-electron chi connectivity index (χ2n) is 4.41. The lowest BCUT2D eigenvalue weighted by Crippen LogP contribution is -2.25. The highest BCUT2D eigenvalue weighted by molar-refractivity contribution is 5.76. The van der Waals surface area contributed by atoms with E-state index in [0.29, 0.717) is 23.7 Å². The molecule has 0 aliphatic heterocycles. The first-order valence-electron chi connectivity index (χ1n) is 6.31. The topological polar surface area (TPSA) is 55.8 Å². The number of rotatable bonds is 5. The van der Waals surface area contributed by atoms with Gasteiger partial charge in [-0.2, -0.15) is 0 Å². The zero-order chi connectivity index (χ0) is 13.0. The van der Waals surface area contributed by atoms with Gasteiger partial charge >= 0.3 is 0 Å². The van der Waals surface area contributed by atoms with Crippen molar-refractivity contribution in [3.05, 3.63) is 23.8 Å². The zero-order valence-electron chi connectivity index (χ0n) is 10.5. The zero-order valence-corrected chi connectivity index (χ0v) is 10.5. The summed E-state index contributed by atoms with van der Waals surface area (Å²) in [5, 5.41) is 9.75. The minimum absolute atomic E-state index is 0.175. The van der Waals surface area contributed by atoms with Crippen LogP contribution in [0.2, 0.25) is 0 Å². The van der Waals surface area contributed by atoms with E-state index in [9.17, 15) is 9.90 Å². The lowest BCUT2D eigenvalue weighted by Gasteiger charge is -2.19. The Kier molecular flexibility index (Phi) is 4.20. The van der Waals surface area contributed by atoms with Crippen LogP contribution in [0.5, 0.6) is 11.5 Å². The van der Waals surface area contributed by atoms with Gasteiger partial charge in [-0.25, -0.2) is 0 Å². The molecule has 2 unspecified atom stereocenters. The molecule has 2 atom stereocenters. The van der Waals surface area contributed by atoms with Gasteiger partial charge in [0.1, 0.15) is 12.4 Å². The number of carbonyl (C=O) groups excluding carboxylic acids is 1. The summed E-state index contributed by atoms with van der Waals surface area (Å²) in [7, 11) is 0. The fourth-order valence-corrected chi connectivity index (χ4v) is 2.17. The van der Waals surface area contributed by atoms with Gasteiger partial charge in [-0.1, -0.05) is 0 Å². The molecule has 0 bridgehead atoms. The average molecular weight is 250 g/mol. The summed E-state index contributed by atoms with van der Waals surface area (Å²) in [6, 6.07) is 5.07. The third-order valence-corrected chi connectivity index (χ3v) is 3.10. The van der Waals surface area contributed by atoms with E-state index in [2.05, 4.69) is 0 Å². The molecule has 0 spiro atoms. The molecule has 0 radical (unpaired) electrons. The number of aldehydes is 1. The molecule has 1 N–H and O–H groups in total. The molecule has 18 heavy (non-hydrogen) atoms. The number of aliphatic hydroxyl groups excluding tert-OH is 1. The van der Waals surface area contributed by atoms with Gasteiger partial charge in [0.05, 0.1) is 12.7 Å². The standard InChI is InChI=1S/C14H18O4/c1-2-17-14-8-10(9-15)6-7-13(14)18-12-5-3-4-11(12)16/h6-9,11-12,16H,2-5H2,1H3. The maximum atomic E-state index is 10.7. The van der Waals surface area contributed by atoms with Gasteiger partial charge in [0, 0.05) is 5.56 Å². The van der Waals surface area contributed by atoms with Crippen LogP contribution in [0.1, 0.15) is 36.5 Å². The van der Waals surface area contributed by atoms with Gasteiger partial charge in [-0.05, 0) is 44.4 Å². The van der Waals surface area contributed by atoms with Crippen LogP contribution in [0.15, 0.2) is 18.2 Å². The van der Waals surface area contributed by atoms with E-state index in [1.54, 1.807) is 18.2 Å². The van der Waals surface area contributed by atoms with E-state index in [4.69, 9.17) is 9.47 Å². The molecule has 0 aromatic heterocycles. The maximum Gasteiger partial charge on any atom is 0.161 e. The van der Waals surface area contributed by atoms with Crippen LogP contribution < -0.4 is 9.47 Å². The third-order valence-electron chi connectivity index (χ3n) is 3.10. The van der Waals surface area contributed by atoms with E-state index < -0.39 is 6.10 Å². The maximum absolute atomic E-state index is 10.7. The van der Waals surface area contributed by atoms with E-state index in [1.165, 1.54) is 0 Å². The predicted molar refractivity (Wildman–Crippen MR) is 67.3 cm³/mol. The summed E-state index contributed by atoms with van der Waals surface area (Å²) in [6.07, 6.45) is 2.79. The molecule has 1 saturated carbocycles. The summed E-state index contributed by atoms with van der Waals surface area (Å²) in [5.41, 5.74) is 0.553. The highest BCUT2D eigenvalue weighted by atomic mass is 16.5. The summed E-state index contributed by atoms with van der Waals surface area (Å²) < 4.78 is 11.2. The van der Waals surface area contributed by atoms with Gasteiger partial charge in [0.15, 0.2) is 11.5 Å². The molecule has 1 aromatic carbocycles. The Labute approximate surface area is 107 Å². The number of aliphatic hydroxyl groups is 1.